The van der Waals surface area contributed by atoms with E-state index in [0.29, 0.717) is 23.1 Å². The third kappa shape index (κ3) is 4.17. The summed E-state index contributed by atoms with van der Waals surface area (Å²) in [5.74, 6) is 0. The lowest BCUT2D eigenvalue weighted by Gasteiger charge is -2.24. The Morgan fingerprint density at radius 3 is 1.88 bits per heavy atom. The molecule has 26 heavy (non-hydrogen) atoms. The van der Waals surface area contributed by atoms with Crippen molar-refractivity contribution in [1.82, 2.24) is 9.47 Å². The summed E-state index contributed by atoms with van der Waals surface area (Å²) in [6.45, 7) is 7.62. The topological polar surface area (TPSA) is 28.4 Å². The summed E-state index contributed by atoms with van der Waals surface area (Å²) >= 11 is 12.4. The van der Waals surface area contributed by atoms with Crippen LogP contribution in [0.1, 0.15) is 26.7 Å². The van der Waals surface area contributed by atoms with Crippen LogP contribution in [0.2, 0.25) is 10.0 Å². The Balaban J connectivity index is 1.95. The molecule has 1 heterocycles. The maximum absolute atomic E-state index is 10.8. The summed E-state index contributed by atoms with van der Waals surface area (Å²) in [5, 5.41) is 14.3. The Kier molecular flexibility index (Phi) is 6.46. The van der Waals surface area contributed by atoms with Crippen LogP contribution in [0.5, 0.6) is 0 Å². The molecule has 0 unspecified atom stereocenters. The third-order valence-corrected chi connectivity index (χ3v) is 5.20. The van der Waals surface area contributed by atoms with Gasteiger partial charge in [0.2, 0.25) is 0 Å². The molecule has 1 atom stereocenters. The minimum Gasteiger partial charge on any atom is -0.390 e. The number of aromatic nitrogens is 1. The van der Waals surface area contributed by atoms with Crippen LogP contribution in [0.3, 0.4) is 0 Å². The first-order valence-electron chi connectivity index (χ1n) is 9.31. The minimum absolute atomic E-state index is 0.432. The molecule has 0 spiro atoms. The Labute approximate surface area is 165 Å². The maximum atomic E-state index is 10.8. The molecular weight excluding hydrogens is 367 g/mol. The third-order valence-electron chi connectivity index (χ3n) is 4.73. The van der Waals surface area contributed by atoms with Crippen LogP contribution in [0.15, 0.2) is 36.4 Å². The van der Waals surface area contributed by atoms with Crippen molar-refractivity contribution >= 4 is 45.0 Å². The van der Waals surface area contributed by atoms with Crippen molar-refractivity contribution in [1.29, 1.82) is 0 Å². The van der Waals surface area contributed by atoms with E-state index in [1.54, 1.807) is 0 Å². The van der Waals surface area contributed by atoms with Gasteiger partial charge in [-0.05, 0) is 62.3 Å². The smallest absolute Gasteiger partial charge is 0.0845 e. The summed E-state index contributed by atoms with van der Waals surface area (Å²) in [5.41, 5.74) is 2.14. The van der Waals surface area contributed by atoms with Crippen molar-refractivity contribution in [2.24, 2.45) is 0 Å². The van der Waals surface area contributed by atoms with Gasteiger partial charge in [-0.15, -0.1) is 0 Å². The average Bonchev–Trinajstić information content (AvgIpc) is 2.88. The summed E-state index contributed by atoms with van der Waals surface area (Å²) in [4.78, 5) is 2.34. The van der Waals surface area contributed by atoms with Crippen LogP contribution in [0, 0.1) is 0 Å². The molecule has 0 radical (unpaired) electrons. The summed E-state index contributed by atoms with van der Waals surface area (Å²) in [6, 6.07) is 11.8. The molecule has 0 bridgehead atoms. The van der Waals surface area contributed by atoms with Crippen LogP contribution < -0.4 is 0 Å². The van der Waals surface area contributed by atoms with Gasteiger partial charge in [0.15, 0.2) is 0 Å². The lowest BCUT2D eigenvalue weighted by molar-refractivity contribution is 0.0997. The maximum Gasteiger partial charge on any atom is 0.0845 e. The van der Waals surface area contributed by atoms with Crippen molar-refractivity contribution in [2.45, 2.75) is 39.3 Å². The van der Waals surface area contributed by atoms with Gasteiger partial charge in [-0.2, -0.15) is 0 Å². The molecule has 0 amide bonds. The second-order valence-corrected chi connectivity index (χ2v) is 7.76. The van der Waals surface area contributed by atoms with Crippen molar-refractivity contribution in [3.05, 3.63) is 46.4 Å². The number of hydrogen-bond donors (Lipinski definition) is 1. The predicted octanol–water partition coefficient (Wildman–Crippen LogP) is 5.58. The van der Waals surface area contributed by atoms with Crippen molar-refractivity contribution in [3.8, 4) is 0 Å². The normalized spacial score (nSPS) is 13.2. The average molecular weight is 393 g/mol. The van der Waals surface area contributed by atoms with Gasteiger partial charge in [0.1, 0.15) is 0 Å². The van der Waals surface area contributed by atoms with Crippen molar-refractivity contribution in [2.75, 3.05) is 19.6 Å². The quantitative estimate of drug-likeness (QED) is 0.541. The highest BCUT2D eigenvalue weighted by atomic mass is 35.5. The molecule has 2 aromatic carbocycles. The number of aliphatic hydroxyl groups is 1. The van der Waals surface area contributed by atoms with E-state index < -0.39 is 6.10 Å². The molecule has 0 saturated heterocycles. The van der Waals surface area contributed by atoms with Crippen LogP contribution >= 0.6 is 23.2 Å². The van der Waals surface area contributed by atoms with Crippen LogP contribution in [-0.2, 0) is 6.54 Å². The molecule has 3 aromatic rings. The first-order valence-corrected chi connectivity index (χ1v) is 10.1. The van der Waals surface area contributed by atoms with E-state index in [-0.39, 0.29) is 0 Å². The highest BCUT2D eigenvalue weighted by Crippen LogP contribution is 2.33. The fourth-order valence-electron chi connectivity index (χ4n) is 3.74. The number of benzene rings is 2. The van der Waals surface area contributed by atoms with Crippen LogP contribution in [-0.4, -0.2) is 40.3 Å². The van der Waals surface area contributed by atoms with Crippen LogP contribution in [0.25, 0.3) is 21.8 Å². The number of halogens is 2. The molecule has 1 N–H and O–H groups in total. The second kappa shape index (κ2) is 8.62. The van der Waals surface area contributed by atoms with Crippen molar-refractivity contribution < 1.29 is 5.11 Å². The Morgan fingerprint density at radius 1 is 0.923 bits per heavy atom. The lowest BCUT2D eigenvalue weighted by atomic mass is 10.1. The van der Waals surface area contributed by atoms with E-state index in [1.165, 1.54) is 0 Å². The highest BCUT2D eigenvalue weighted by molar-refractivity contribution is 6.33. The molecule has 0 aliphatic rings. The van der Waals surface area contributed by atoms with E-state index in [9.17, 15) is 5.11 Å². The van der Waals surface area contributed by atoms with Gasteiger partial charge in [-0.25, -0.2) is 0 Å². The molecule has 0 aliphatic carbocycles. The van der Waals surface area contributed by atoms with E-state index in [0.717, 1.165) is 47.7 Å². The van der Waals surface area contributed by atoms with Gasteiger partial charge >= 0.3 is 0 Å². The van der Waals surface area contributed by atoms with E-state index in [1.807, 2.05) is 36.4 Å². The zero-order valence-electron chi connectivity index (χ0n) is 15.4. The monoisotopic (exact) mass is 392 g/mol. The summed E-state index contributed by atoms with van der Waals surface area (Å²) in [6.07, 6.45) is 1.76. The number of fused-ring (bicyclic) bond motifs is 3. The highest BCUT2D eigenvalue weighted by Gasteiger charge is 2.16. The van der Waals surface area contributed by atoms with E-state index in [4.69, 9.17) is 23.2 Å². The standard InChI is InChI=1S/C21H26Cl2N2O/c1-3-9-24(10-4-2)13-17(26)14-25-20-7-5-15(22)11-18(20)19-12-16(23)6-8-21(19)25/h5-8,11-12,17,26H,3-4,9-10,13-14H2,1-2H3/t17-/m0/s1. The number of rotatable bonds is 8. The fourth-order valence-corrected chi connectivity index (χ4v) is 4.08. The van der Waals surface area contributed by atoms with Gasteiger partial charge in [0, 0.05) is 38.4 Å². The number of nitrogens with zero attached hydrogens (tertiary/aromatic N) is 2. The number of hydrogen-bond acceptors (Lipinski definition) is 2. The van der Waals surface area contributed by atoms with Gasteiger partial charge < -0.3 is 14.6 Å². The molecule has 3 rings (SSSR count). The van der Waals surface area contributed by atoms with Crippen molar-refractivity contribution in [3.63, 3.8) is 0 Å². The Morgan fingerprint density at radius 2 is 1.42 bits per heavy atom. The van der Waals surface area contributed by atoms with Gasteiger partial charge in [-0.3, -0.25) is 0 Å². The summed E-state index contributed by atoms with van der Waals surface area (Å²) in [7, 11) is 0. The fraction of sp³-hybridized carbons (Fsp3) is 0.429. The zero-order valence-corrected chi connectivity index (χ0v) is 16.9. The first-order chi connectivity index (χ1) is 12.5. The molecule has 0 fully saturated rings. The molecule has 140 valence electrons. The molecule has 0 saturated carbocycles. The van der Waals surface area contributed by atoms with Gasteiger partial charge in [0.25, 0.3) is 0 Å². The Hall–Kier alpha value is -1.26. The molecular formula is C21H26Cl2N2O. The van der Waals surface area contributed by atoms with Gasteiger partial charge in [-0.1, -0.05) is 37.0 Å². The van der Waals surface area contributed by atoms with Crippen LogP contribution in [0.4, 0.5) is 0 Å². The molecule has 5 heteroatoms. The molecule has 0 aliphatic heterocycles. The molecule has 1 aromatic heterocycles. The minimum atomic E-state index is -0.432. The predicted molar refractivity (Wildman–Crippen MR) is 112 cm³/mol. The molecule has 3 nitrogen and oxygen atoms in total. The number of aliphatic hydroxyl groups excluding tert-OH is 1. The largest absolute Gasteiger partial charge is 0.390 e. The van der Waals surface area contributed by atoms with Gasteiger partial charge in [0.05, 0.1) is 12.6 Å². The summed E-state index contributed by atoms with van der Waals surface area (Å²) < 4.78 is 2.18. The zero-order chi connectivity index (χ0) is 18.7. The van der Waals surface area contributed by atoms with E-state index in [2.05, 4.69) is 23.3 Å². The lowest BCUT2D eigenvalue weighted by Crippen LogP contribution is -2.35. The first kappa shape index (κ1) is 19.5. The second-order valence-electron chi connectivity index (χ2n) is 6.89. The Bertz CT molecular complexity index is 825. The SMILES string of the molecule is CCCN(CCC)C[C@H](O)Cn1c2ccc(Cl)cc2c2cc(Cl)ccc21. The van der Waals surface area contributed by atoms with E-state index >= 15 is 0 Å².